The van der Waals surface area contributed by atoms with Crippen molar-refractivity contribution in [3.63, 3.8) is 0 Å². The van der Waals surface area contributed by atoms with Gasteiger partial charge in [0.25, 0.3) is 5.91 Å². The van der Waals surface area contributed by atoms with Crippen LogP contribution in [0.3, 0.4) is 0 Å². The lowest BCUT2D eigenvalue weighted by molar-refractivity contribution is -0.146. The first-order valence-corrected chi connectivity index (χ1v) is 8.13. The average Bonchev–Trinajstić information content (AvgIpc) is 3.16. The third-order valence-corrected chi connectivity index (χ3v) is 4.96. The lowest BCUT2D eigenvalue weighted by Gasteiger charge is -2.39. The second-order valence-corrected chi connectivity index (χ2v) is 6.52. The molecule has 7 heteroatoms. The maximum atomic E-state index is 12.9. The van der Waals surface area contributed by atoms with Gasteiger partial charge < -0.3 is 14.5 Å². The van der Waals surface area contributed by atoms with Gasteiger partial charge in [0.2, 0.25) is 5.91 Å². The Morgan fingerprint density at radius 1 is 1.39 bits per heavy atom. The molecule has 0 aromatic carbocycles. The minimum atomic E-state index is -0.406. The fraction of sp³-hybridized carbons (Fsp3) is 0.688. The number of aromatic nitrogens is 2. The SMILES string of the molecule is COCCN1CCCC2(CCN(C(=O)c3ccn(C)n3)C2)C1=O. The van der Waals surface area contributed by atoms with Crippen molar-refractivity contribution >= 4 is 11.8 Å². The summed E-state index contributed by atoms with van der Waals surface area (Å²) in [7, 11) is 3.44. The summed E-state index contributed by atoms with van der Waals surface area (Å²) in [5.41, 5.74) is 0.0419. The standard InChI is InChI=1S/C16H24N4O3/c1-18-8-4-13(17-18)14(21)20-9-6-16(12-20)5-3-7-19(15(16)22)10-11-23-2/h4,8H,3,5-7,9-12H2,1-2H3. The third-order valence-electron chi connectivity index (χ3n) is 4.96. The van der Waals surface area contributed by atoms with Gasteiger partial charge >= 0.3 is 0 Å². The number of carbonyl (C=O) groups excluding carboxylic acids is 2. The van der Waals surface area contributed by atoms with E-state index in [0.29, 0.717) is 31.9 Å². The maximum Gasteiger partial charge on any atom is 0.274 e. The topological polar surface area (TPSA) is 67.7 Å². The highest BCUT2D eigenvalue weighted by atomic mass is 16.5. The van der Waals surface area contributed by atoms with Crippen molar-refractivity contribution in [3.8, 4) is 0 Å². The number of methoxy groups -OCH3 is 1. The molecule has 0 saturated carbocycles. The molecule has 0 radical (unpaired) electrons. The van der Waals surface area contributed by atoms with Crippen LogP contribution in [-0.2, 0) is 16.6 Å². The normalized spacial score (nSPS) is 24.7. The number of piperidine rings is 1. The first-order chi connectivity index (χ1) is 11.1. The largest absolute Gasteiger partial charge is 0.383 e. The van der Waals surface area contributed by atoms with Crippen LogP contribution in [0.2, 0.25) is 0 Å². The van der Waals surface area contributed by atoms with E-state index in [1.165, 1.54) is 0 Å². The maximum absolute atomic E-state index is 12.9. The molecule has 2 aliphatic rings. The Hall–Kier alpha value is -1.89. The number of hydrogen-bond acceptors (Lipinski definition) is 4. The zero-order chi connectivity index (χ0) is 16.4. The number of aryl methyl sites for hydroxylation is 1. The number of carbonyl (C=O) groups is 2. The first-order valence-electron chi connectivity index (χ1n) is 8.13. The summed E-state index contributed by atoms with van der Waals surface area (Å²) in [5, 5.41) is 4.18. The molecule has 7 nitrogen and oxygen atoms in total. The van der Waals surface area contributed by atoms with Crippen molar-refractivity contribution in [2.45, 2.75) is 19.3 Å². The Bertz CT molecular complexity index is 600. The highest BCUT2D eigenvalue weighted by Crippen LogP contribution is 2.40. The summed E-state index contributed by atoms with van der Waals surface area (Å²) in [5.74, 6) is 0.0985. The van der Waals surface area contributed by atoms with Crippen LogP contribution in [0.15, 0.2) is 12.3 Å². The molecule has 1 aromatic heterocycles. The highest BCUT2D eigenvalue weighted by molar-refractivity contribution is 5.93. The van der Waals surface area contributed by atoms with E-state index in [1.54, 1.807) is 36.0 Å². The molecular weight excluding hydrogens is 296 g/mol. The van der Waals surface area contributed by atoms with Gasteiger partial charge in [0, 0.05) is 46.5 Å². The van der Waals surface area contributed by atoms with Gasteiger partial charge in [-0.15, -0.1) is 0 Å². The summed E-state index contributed by atoms with van der Waals surface area (Å²) in [6.45, 7) is 3.10. The van der Waals surface area contributed by atoms with Gasteiger partial charge in [-0.05, 0) is 25.3 Å². The highest BCUT2D eigenvalue weighted by Gasteiger charge is 2.49. The van der Waals surface area contributed by atoms with Gasteiger partial charge in [-0.1, -0.05) is 0 Å². The van der Waals surface area contributed by atoms with Gasteiger partial charge in [0.15, 0.2) is 0 Å². The predicted octanol–water partition coefficient (Wildman–Crippen LogP) is 0.521. The first kappa shape index (κ1) is 16.0. The zero-order valence-corrected chi connectivity index (χ0v) is 13.8. The monoisotopic (exact) mass is 320 g/mol. The fourth-order valence-corrected chi connectivity index (χ4v) is 3.68. The van der Waals surface area contributed by atoms with Crippen molar-refractivity contribution in [1.29, 1.82) is 0 Å². The minimum absolute atomic E-state index is 0.0794. The van der Waals surface area contributed by atoms with E-state index in [0.717, 1.165) is 25.8 Å². The van der Waals surface area contributed by atoms with Crippen LogP contribution in [0, 0.1) is 5.41 Å². The van der Waals surface area contributed by atoms with Crippen LogP contribution >= 0.6 is 0 Å². The molecule has 1 atom stereocenters. The molecule has 1 spiro atoms. The lowest BCUT2D eigenvalue weighted by atomic mass is 9.78. The molecule has 0 N–H and O–H groups in total. The van der Waals surface area contributed by atoms with E-state index in [9.17, 15) is 9.59 Å². The Balaban J connectivity index is 1.70. The predicted molar refractivity (Wildman–Crippen MR) is 83.9 cm³/mol. The molecule has 2 fully saturated rings. The third kappa shape index (κ3) is 2.97. The van der Waals surface area contributed by atoms with E-state index in [1.807, 2.05) is 4.90 Å². The van der Waals surface area contributed by atoms with Crippen molar-refractivity contribution in [3.05, 3.63) is 18.0 Å². The molecule has 1 unspecified atom stereocenters. The second-order valence-electron chi connectivity index (χ2n) is 6.52. The lowest BCUT2D eigenvalue weighted by Crippen LogP contribution is -2.51. The number of likely N-dealkylation sites (tertiary alicyclic amines) is 2. The Morgan fingerprint density at radius 2 is 2.22 bits per heavy atom. The molecule has 1 aromatic rings. The van der Waals surface area contributed by atoms with E-state index in [4.69, 9.17) is 4.74 Å². The summed E-state index contributed by atoms with van der Waals surface area (Å²) in [6, 6.07) is 1.72. The molecular formula is C16H24N4O3. The van der Waals surface area contributed by atoms with Gasteiger partial charge in [-0.3, -0.25) is 14.3 Å². The smallest absolute Gasteiger partial charge is 0.274 e. The van der Waals surface area contributed by atoms with Gasteiger partial charge in [-0.2, -0.15) is 5.10 Å². The van der Waals surface area contributed by atoms with E-state index >= 15 is 0 Å². The second kappa shape index (κ2) is 6.31. The number of rotatable bonds is 4. The number of hydrogen-bond donors (Lipinski definition) is 0. The van der Waals surface area contributed by atoms with Crippen LogP contribution in [0.1, 0.15) is 29.8 Å². The van der Waals surface area contributed by atoms with Gasteiger partial charge in [0.1, 0.15) is 5.69 Å². The molecule has 0 bridgehead atoms. The zero-order valence-electron chi connectivity index (χ0n) is 13.8. The van der Waals surface area contributed by atoms with Crippen molar-refractivity contribution in [2.75, 3.05) is 39.9 Å². The van der Waals surface area contributed by atoms with E-state index in [2.05, 4.69) is 5.10 Å². The van der Waals surface area contributed by atoms with E-state index in [-0.39, 0.29) is 11.8 Å². The molecule has 3 rings (SSSR count). The Kier molecular flexibility index (Phi) is 4.39. The molecule has 126 valence electrons. The van der Waals surface area contributed by atoms with E-state index < -0.39 is 5.41 Å². The van der Waals surface area contributed by atoms with Crippen LogP contribution in [0.25, 0.3) is 0 Å². The van der Waals surface area contributed by atoms with Crippen LogP contribution < -0.4 is 0 Å². The quantitative estimate of drug-likeness (QED) is 0.811. The number of nitrogens with zero attached hydrogens (tertiary/aromatic N) is 4. The summed E-state index contributed by atoms with van der Waals surface area (Å²) in [4.78, 5) is 29.1. The van der Waals surface area contributed by atoms with Crippen molar-refractivity contribution < 1.29 is 14.3 Å². The molecule has 2 saturated heterocycles. The minimum Gasteiger partial charge on any atom is -0.383 e. The molecule has 2 amide bonds. The Labute approximate surface area is 136 Å². The molecule has 3 heterocycles. The Morgan fingerprint density at radius 3 is 2.91 bits per heavy atom. The molecule has 23 heavy (non-hydrogen) atoms. The number of amides is 2. The van der Waals surface area contributed by atoms with Gasteiger partial charge in [0.05, 0.1) is 12.0 Å². The van der Waals surface area contributed by atoms with Crippen molar-refractivity contribution in [1.82, 2.24) is 19.6 Å². The van der Waals surface area contributed by atoms with Crippen LogP contribution in [-0.4, -0.2) is 71.3 Å². The molecule has 0 aliphatic carbocycles. The van der Waals surface area contributed by atoms with Crippen LogP contribution in [0.4, 0.5) is 0 Å². The average molecular weight is 320 g/mol. The fourth-order valence-electron chi connectivity index (χ4n) is 3.68. The summed E-state index contributed by atoms with van der Waals surface area (Å²) in [6.07, 6.45) is 4.35. The van der Waals surface area contributed by atoms with Crippen molar-refractivity contribution in [2.24, 2.45) is 12.5 Å². The van der Waals surface area contributed by atoms with Crippen LogP contribution in [0.5, 0.6) is 0 Å². The molecule has 2 aliphatic heterocycles. The summed E-state index contributed by atoms with van der Waals surface area (Å²) >= 11 is 0. The number of ether oxygens (including phenoxy) is 1. The summed E-state index contributed by atoms with van der Waals surface area (Å²) < 4.78 is 6.72. The van der Waals surface area contributed by atoms with Gasteiger partial charge in [-0.25, -0.2) is 0 Å².